The highest BCUT2D eigenvalue weighted by Gasteiger charge is 2.34. The highest BCUT2D eigenvalue weighted by Crippen LogP contribution is 2.37. The third-order valence-electron chi connectivity index (χ3n) is 6.37. The quantitative estimate of drug-likeness (QED) is 0.484. The standard InChI is InChI=1S/C24H27F4N5O/c1-5-17-12-34-7-6-33(17)22-10-19-20(11-29-22)15(4)31-32-23(19)30-14(3)18-8-16(25)9-21(13(18)2)24(26,27)28/h8-11,14,17H,5-7,12H2,1-4H3,(H,30,32)/t14-,17-/m1/s1. The second-order valence-electron chi connectivity index (χ2n) is 8.58. The Balaban J connectivity index is 1.74. The monoisotopic (exact) mass is 477 g/mol. The molecule has 0 saturated carbocycles. The lowest BCUT2D eigenvalue weighted by atomic mass is 9.96. The van der Waals surface area contributed by atoms with Crippen LogP contribution in [0.3, 0.4) is 0 Å². The Kier molecular flexibility index (Phi) is 6.62. The number of hydrogen-bond acceptors (Lipinski definition) is 6. The molecule has 1 aromatic carbocycles. The molecule has 10 heteroatoms. The number of pyridine rings is 1. The van der Waals surface area contributed by atoms with Gasteiger partial charge in [0.2, 0.25) is 0 Å². The number of halogens is 4. The topological polar surface area (TPSA) is 63.2 Å². The average Bonchev–Trinajstić information content (AvgIpc) is 2.81. The van der Waals surface area contributed by atoms with Gasteiger partial charge in [-0.05, 0) is 56.5 Å². The van der Waals surface area contributed by atoms with Crippen molar-refractivity contribution in [3.8, 4) is 0 Å². The fraction of sp³-hybridized carbons (Fsp3) is 0.458. The molecule has 1 aliphatic rings. The number of hydrogen-bond donors (Lipinski definition) is 1. The molecule has 4 rings (SSSR count). The Morgan fingerprint density at radius 3 is 2.65 bits per heavy atom. The maximum atomic E-state index is 14.1. The van der Waals surface area contributed by atoms with Gasteiger partial charge in [0.1, 0.15) is 11.6 Å². The van der Waals surface area contributed by atoms with Crippen LogP contribution in [-0.4, -0.2) is 41.0 Å². The van der Waals surface area contributed by atoms with Crippen molar-refractivity contribution in [1.82, 2.24) is 15.2 Å². The smallest absolute Gasteiger partial charge is 0.377 e. The van der Waals surface area contributed by atoms with E-state index in [1.807, 2.05) is 13.0 Å². The van der Waals surface area contributed by atoms with Gasteiger partial charge in [-0.25, -0.2) is 9.37 Å². The van der Waals surface area contributed by atoms with Crippen molar-refractivity contribution < 1.29 is 22.3 Å². The number of rotatable bonds is 5. The third kappa shape index (κ3) is 4.64. The normalized spacial score (nSPS) is 17.8. The van der Waals surface area contributed by atoms with Gasteiger partial charge < -0.3 is 15.0 Å². The first kappa shape index (κ1) is 24.1. The zero-order valence-electron chi connectivity index (χ0n) is 19.5. The first-order valence-electron chi connectivity index (χ1n) is 11.2. The average molecular weight is 478 g/mol. The fourth-order valence-corrected chi connectivity index (χ4v) is 4.45. The minimum atomic E-state index is -4.65. The van der Waals surface area contributed by atoms with Crippen LogP contribution >= 0.6 is 0 Å². The maximum Gasteiger partial charge on any atom is 0.416 e. The summed E-state index contributed by atoms with van der Waals surface area (Å²) >= 11 is 0. The summed E-state index contributed by atoms with van der Waals surface area (Å²) in [4.78, 5) is 6.83. The van der Waals surface area contributed by atoms with Crippen molar-refractivity contribution >= 4 is 22.4 Å². The van der Waals surface area contributed by atoms with Gasteiger partial charge in [-0.2, -0.15) is 18.3 Å². The van der Waals surface area contributed by atoms with Crippen molar-refractivity contribution in [2.24, 2.45) is 0 Å². The minimum Gasteiger partial charge on any atom is -0.377 e. The summed E-state index contributed by atoms with van der Waals surface area (Å²) in [7, 11) is 0. The van der Waals surface area contributed by atoms with E-state index < -0.39 is 23.6 Å². The van der Waals surface area contributed by atoms with E-state index in [0.717, 1.165) is 29.1 Å². The van der Waals surface area contributed by atoms with E-state index in [1.54, 1.807) is 13.1 Å². The molecule has 0 radical (unpaired) electrons. The van der Waals surface area contributed by atoms with Gasteiger partial charge in [-0.15, -0.1) is 5.10 Å². The SMILES string of the molecule is CC[C@@H]1COCCN1c1cc2c(N[C@H](C)c3cc(F)cc(C(F)(F)F)c3C)nnc(C)c2cn1. The molecule has 182 valence electrons. The molecule has 1 saturated heterocycles. The van der Waals surface area contributed by atoms with E-state index >= 15 is 0 Å². The summed E-state index contributed by atoms with van der Waals surface area (Å²) in [5, 5.41) is 13.1. The van der Waals surface area contributed by atoms with Gasteiger partial charge in [0.05, 0.1) is 36.6 Å². The van der Waals surface area contributed by atoms with Crippen molar-refractivity contribution in [3.63, 3.8) is 0 Å². The Morgan fingerprint density at radius 1 is 1.18 bits per heavy atom. The third-order valence-corrected chi connectivity index (χ3v) is 6.37. The summed E-state index contributed by atoms with van der Waals surface area (Å²) in [6.07, 6.45) is -2.01. The molecule has 1 N–H and O–H groups in total. The van der Waals surface area contributed by atoms with Crippen LogP contribution < -0.4 is 10.2 Å². The van der Waals surface area contributed by atoms with Gasteiger partial charge in [-0.1, -0.05) is 6.92 Å². The van der Waals surface area contributed by atoms with Crippen LogP contribution in [-0.2, 0) is 10.9 Å². The number of aryl methyl sites for hydroxylation is 1. The zero-order chi connectivity index (χ0) is 24.6. The van der Waals surface area contributed by atoms with Crippen molar-refractivity contribution in [1.29, 1.82) is 0 Å². The summed E-state index contributed by atoms with van der Waals surface area (Å²) in [5.74, 6) is 0.230. The molecule has 0 aliphatic carbocycles. The molecule has 3 aromatic rings. The minimum absolute atomic E-state index is 0.0280. The molecule has 0 amide bonds. The van der Waals surface area contributed by atoms with Crippen LogP contribution in [0.25, 0.3) is 10.8 Å². The van der Waals surface area contributed by atoms with Crippen LogP contribution in [0.2, 0.25) is 0 Å². The van der Waals surface area contributed by atoms with Gasteiger partial charge >= 0.3 is 6.18 Å². The van der Waals surface area contributed by atoms with Crippen LogP contribution in [0, 0.1) is 19.7 Å². The number of morpholine rings is 1. The molecular weight excluding hydrogens is 450 g/mol. The van der Waals surface area contributed by atoms with Crippen molar-refractivity contribution in [2.45, 2.75) is 52.4 Å². The fourth-order valence-electron chi connectivity index (χ4n) is 4.45. The zero-order valence-corrected chi connectivity index (χ0v) is 19.5. The molecule has 0 spiro atoms. The molecule has 6 nitrogen and oxygen atoms in total. The molecule has 1 fully saturated rings. The first-order chi connectivity index (χ1) is 16.1. The van der Waals surface area contributed by atoms with Gasteiger partial charge in [0, 0.05) is 23.5 Å². The molecule has 1 aliphatic heterocycles. The lowest BCUT2D eigenvalue weighted by Crippen LogP contribution is -2.45. The van der Waals surface area contributed by atoms with Crippen LogP contribution in [0.5, 0.6) is 0 Å². The highest BCUT2D eigenvalue weighted by molar-refractivity contribution is 5.94. The first-order valence-corrected chi connectivity index (χ1v) is 11.2. The number of anilines is 2. The van der Waals surface area contributed by atoms with E-state index in [-0.39, 0.29) is 17.2 Å². The van der Waals surface area contributed by atoms with Crippen LogP contribution in [0.4, 0.5) is 29.2 Å². The number of benzene rings is 1. The summed E-state index contributed by atoms with van der Waals surface area (Å²) < 4.78 is 59.9. The van der Waals surface area contributed by atoms with Crippen LogP contribution in [0.15, 0.2) is 24.4 Å². The molecule has 2 atom stereocenters. The van der Waals surface area contributed by atoms with Gasteiger partial charge in [-0.3, -0.25) is 0 Å². The number of ether oxygens (including phenoxy) is 1. The number of aromatic nitrogens is 3. The van der Waals surface area contributed by atoms with E-state index in [9.17, 15) is 17.6 Å². The lowest BCUT2D eigenvalue weighted by molar-refractivity contribution is -0.138. The largest absolute Gasteiger partial charge is 0.416 e. The van der Waals surface area contributed by atoms with Crippen LogP contribution in [0.1, 0.15) is 48.7 Å². The Bertz CT molecular complexity index is 1200. The number of alkyl halides is 3. The summed E-state index contributed by atoms with van der Waals surface area (Å²) in [6, 6.07) is 3.11. The van der Waals surface area contributed by atoms with E-state index in [4.69, 9.17) is 4.74 Å². The van der Waals surface area contributed by atoms with E-state index in [2.05, 4.69) is 32.3 Å². The summed E-state index contributed by atoms with van der Waals surface area (Å²) in [6.45, 7) is 8.86. The highest BCUT2D eigenvalue weighted by atomic mass is 19.4. The predicted molar refractivity (Wildman–Crippen MR) is 122 cm³/mol. The van der Waals surface area contributed by atoms with Crippen molar-refractivity contribution in [2.75, 3.05) is 30.0 Å². The molecular formula is C24H27F4N5O. The molecule has 3 heterocycles. The second-order valence-corrected chi connectivity index (χ2v) is 8.58. The van der Waals surface area contributed by atoms with E-state index in [1.165, 1.54) is 6.92 Å². The number of nitrogens with zero attached hydrogens (tertiary/aromatic N) is 4. The van der Waals surface area contributed by atoms with Gasteiger partial charge in [0.25, 0.3) is 0 Å². The Labute approximate surface area is 195 Å². The maximum absolute atomic E-state index is 14.1. The Hall–Kier alpha value is -3.01. The number of fused-ring (bicyclic) bond motifs is 1. The summed E-state index contributed by atoms with van der Waals surface area (Å²) in [5.41, 5.74) is -0.126. The molecule has 2 aromatic heterocycles. The predicted octanol–water partition coefficient (Wildman–Crippen LogP) is 5.59. The second kappa shape index (κ2) is 9.32. The molecule has 34 heavy (non-hydrogen) atoms. The molecule has 0 bridgehead atoms. The lowest BCUT2D eigenvalue weighted by Gasteiger charge is -2.36. The van der Waals surface area contributed by atoms with E-state index in [0.29, 0.717) is 37.3 Å². The van der Waals surface area contributed by atoms with Gasteiger partial charge in [0.15, 0.2) is 5.82 Å². The Morgan fingerprint density at radius 2 is 1.94 bits per heavy atom. The number of nitrogens with one attached hydrogen (secondary N) is 1. The molecule has 0 unspecified atom stereocenters. The van der Waals surface area contributed by atoms with Crippen molar-refractivity contribution in [3.05, 3.63) is 52.6 Å².